The third-order valence-electron chi connectivity index (χ3n) is 12.0. The zero-order valence-corrected chi connectivity index (χ0v) is 24.5. The molecule has 2 aliphatic heterocycles. The Morgan fingerprint density at radius 3 is 2.17 bits per heavy atom. The molecule has 11 atom stereocenters. The topological polar surface area (TPSA) is 168 Å². The van der Waals surface area contributed by atoms with Gasteiger partial charge in [-0.15, -0.1) is 0 Å². The summed E-state index contributed by atoms with van der Waals surface area (Å²) in [7, 11) is 0. The lowest BCUT2D eigenvalue weighted by molar-refractivity contribution is -0.475. The van der Waals surface area contributed by atoms with Crippen molar-refractivity contribution in [2.24, 2.45) is 22.2 Å². The predicted octanol–water partition coefficient (Wildman–Crippen LogP) is 2.75. The molecule has 42 heavy (non-hydrogen) atoms. The van der Waals surface area contributed by atoms with E-state index in [-0.39, 0.29) is 31.5 Å². The van der Waals surface area contributed by atoms with Gasteiger partial charge < -0.3 is 38.3 Å². The van der Waals surface area contributed by atoms with E-state index in [2.05, 4.69) is 0 Å². The number of carbonyl (C=O) groups is 4. The number of furan rings is 1. The van der Waals surface area contributed by atoms with Gasteiger partial charge in [-0.25, -0.2) is 0 Å². The van der Waals surface area contributed by atoms with E-state index in [1.165, 1.54) is 26.4 Å². The summed E-state index contributed by atoms with van der Waals surface area (Å²) in [6.45, 7) is 9.43. The Morgan fingerprint density at radius 2 is 1.57 bits per heavy atom. The minimum Gasteiger partial charge on any atom is -0.481 e. The van der Waals surface area contributed by atoms with E-state index in [9.17, 15) is 29.4 Å². The van der Waals surface area contributed by atoms with Gasteiger partial charge >= 0.3 is 17.9 Å². The van der Waals surface area contributed by atoms with Gasteiger partial charge in [0.2, 0.25) is 0 Å². The summed E-state index contributed by atoms with van der Waals surface area (Å²) in [5.74, 6) is -5.17. The zero-order chi connectivity index (χ0) is 30.5. The standard InChI is InChI=1S/C30H36O12/c1-15(31)38-21-24(4)14-29-25(5,18(24)11-19(33)34)28-9-8-23(3,20(35)17-7-10-37-12-17)13-27(28,40-26(6,41-28)42-29)22(30(21,29)36)39-16(2)32/h7,10,12,18,21-22,36H,8-9,11,13-14H2,1-6H3,(H,33,34). The first-order chi connectivity index (χ1) is 19.4. The van der Waals surface area contributed by atoms with Crippen molar-refractivity contribution in [1.29, 1.82) is 0 Å². The highest BCUT2D eigenvalue weighted by molar-refractivity contribution is 6.00. The number of hydrogen-bond acceptors (Lipinski definition) is 11. The van der Waals surface area contributed by atoms with E-state index in [0.717, 1.165) is 0 Å². The van der Waals surface area contributed by atoms with E-state index in [0.29, 0.717) is 12.0 Å². The first-order valence-corrected chi connectivity index (χ1v) is 14.4. The van der Waals surface area contributed by atoms with Gasteiger partial charge in [-0.05, 0) is 37.7 Å². The molecule has 11 unspecified atom stereocenters. The molecular formula is C30H36O12. The second kappa shape index (κ2) is 7.64. The molecule has 0 aromatic carbocycles. The monoisotopic (exact) mass is 588 g/mol. The summed E-state index contributed by atoms with van der Waals surface area (Å²) in [6.07, 6.45) is 0.237. The number of rotatable bonds is 6. The van der Waals surface area contributed by atoms with Crippen LogP contribution in [0.15, 0.2) is 23.0 Å². The summed E-state index contributed by atoms with van der Waals surface area (Å²) in [6, 6.07) is 1.57. The molecule has 6 fully saturated rings. The van der Waals surface area contributed by atoms with Gasteiger partial charge in [0.05, 0.1) is 11.8 Å². The number of hydrogen-bond donors (Lipinski definition) is 2. The van der Waals surface area contributed by atoms with Gasteiger partial charge in [-0.3, -0.25) is 19.2 Å². The van der Waals surface area contributed by atoms with Gasteiger partial charge in [0.25, 0.3) is 5.97 Å². The van der Waals surface area contributed by atoms with Crippen molar-refractivity contribution >= 4 is 23.7 Å². The molecule has 1 aromatic rings. The van der Waals surface area contributed by atoms with Crippen LogP contribution in [0.3, 0.4) is 0 Å². The quantitative estimate of drug-likeness (QED) is 0.369. The van der Waals surface area contributed by atoms with E-state index >= 15 is 0 Å². The molecule has 12 heteroatoms. The Bertz CT molecular complexity index is 1440. The third kappa shape index (κ3) is 2.67. The van der Waals surface area contributed by atoms with Crippen LogP contribution in [-0.4, -0.2) is 74.5 Å². The Kier molecular flexibility index (Phi) is 5.09. The van der Waals surface area contributed by atoms with Crippen LogP contribution in [-0.2, 0) is 38.1 Å². The lowest BCUT2D eigenvalue weighted by atomic mass is 9.36. The fourth-order valence-electron chi connectivity index (χ4n) is 11.1. The van der Waals surface area contributed by atoms with Gasteiger partial charge in [-0.1, -0.05) is 20.8 Å². The normalized spacial score (nSPS) is 52.6. The SMILES string of the molecule is CC(=O)OC1C2(C)CC34OC5(C)OC6(CC(C)(C(=O)c7ccoc7)CCC6(O5)C3(C)C2CC(=O)O)C(OC(C)=O)C14O. The maximum atomic E-state index is 14.0. The Hall–Kier alpha value is -2.80. The third-order valence-corrected chi connectivity index (χ3v) is 12.0. The van der Waals surface area contributed by atoms with Crippen molar-refractivity contribution in [1.82, 2.24) is 0 Å². The number of aliphatic hydroxyl groups is 1. The molecule has 4 saturated carbocycles. The molecule has 4 aliphatic carbocycles. The van der Waals surface area contributed by atoms with Gasteiger partial charge in [-0.2, -0.15) is 0 Å². The highest BCUT2D eigenvalue weighted by atomic mass is 16.9. The van der Waals surface area contributed by atoms with Crippen molar-refractivity contribution in [2.45, 2.75) is 114 Å². The lowest BCUT2D eigenvalue weighted by Gasteiger charge is -2.75. The van der Waals surface area contributed by atoms with Crippen LogP contribution in [0.2, 0.25) is 0 Å². The molecule has 0 amide bonds. The molecule has 12 nitrogen and oxygen atoms in total. The van der Waals surface area contributed by atoms with Crippen LogP contribution in [0, 0.1) is 22.2 Å². The number of carbonyl (C=O) groups excluding carboxylic acids is 3. The molecule has 2 spiro atoms. The number of ketones is 1. The maximum absolute atomic E-state index is 14.0. The van der Waals surface area contributed by atoms with Crippen molar-refractivity contribution in [3.63, 3.8) is 0 Å². The number of ether oxygens (including phenoxy) is 5. The Morgan fingerprint density at radius 1 is 0.929 bits per heavy atom. The summed E-state index contributed by atoms with van der Waals surface area (Å²) in [5.41, 5.74) is -9.88. The summed E-state index contributed by atoms with van der Waals surface area (Å²) >= 11 is 0. The average molecular weight is 589 g/mol. The molecular weight excluding hydrogens is 552 g/mol. The molecule has 6 aliphatic rings. The largest absolute Gasteiger partial charge is 0.481 e. The second-order valence-corrected chi connectivity index (χ2v) is 14.1. The summed E-state index contributed by atoms with van der Waals surface area (Å²) in [5, 5.41) is 23.4. The van der Waals surface area contributed by atoms with Gasteiger partial charge in [0.1, 0.15) is 29.2 Å². The van der Waals surface area contributed by atoms with E-state index in [1.807, 2.05) is 6.92 Å². The molecule has 3 heterocycles. The number of fused-ring (bicyclic) bond motifs is 2. The van der Waals surface area contributed by atoms with Crippen molar-refractivity contribution in [3.05, 3.63) is 24.2 Å². The minimum absolute atomic E-state index is 0.0574. The highest BCUT2D eigenvalue weighted by Gasteiger charge is 3.02. The number of Topliss-reactive ketones (excluding diaryl/α,β-unsaturated/α-hetero) is 1. The number of aliphatic carboxylic acids is 1. The maximum Gasteiger partial charge on any atom is 0.303 e. The van der Waals surface area contributed by atoms with Crippen LogP contribution in [0.1, 0.15) is 84.0 Å². The van der Waals surface area contributed by atoms with E-state index in [4.69, 9.17) is 28.1 Å². The summed E-state index contributed by atoms with van der Waals surface area (Å²) in [4.78, 5) is 51.8. The molecule has 2 N–H and O–H groups in total. The van der Waals surface area contributed by atoms with Crippen LogP contribution < -0.4 is 0 Å². The first kappa shape index (κ1) is 28.0. The minimum atomic E-state index is -2.18. The molecule has 4 bridgehead atoms. The number of carboxylic acids is 1. The predicted molar refractivity (Wildman–Crippen MR) is 137 cm³/mol. The van der Waals surface area contributed by atoms with Crippen LogP contribution in [0.25, 0.3) is 0 Å². The van der Waals surface area contributed by atoms with E-state index in [1.54, 1.807) is 26.8 Å². The molecule has 228 valence electrons. The Labute approximate surface area is 241 Å². The van der Waals surface area contributed by atoms with Crippen molar-refractivity contribution in [2.75, 3.05) is 0 Å². The molecule has 0 radical (unpaired) electrons. The Balaban J connectivity index is 1.53. The van der Waals surface area contributed by atoms with E-state index < -0.39 is 80.7 Å². The fourth-order valence-corrected chi connectivity index (χ4v) is 11.1. The first-order valence-electron chi connectivity index (χ1n) is 14.4. The van der Waals surface area contributed by atoms with Crippen molar-refractivity contribution in [3.8, 4) is 0 Å². The molecule has 7 rings (SSSR count). The number of esters is 2. The van der Waals surface area contributed by atoms with Crippen LogP contribution >= 0.6 is 0 Å². The van der Waals surface area contributed by atoms with Crippen LogP contribution in [0.5, 0.6) is 0 Å². The van der Waals surface area contributed by atoms with Gasteiger partial charge in [0.15, 0.2) is 17.5 Å². The smallest absolute Gasteiger partial charge is 0.303 e. The average Bonchev–Trinajstić information content (AvgIpc) is 3.56. The summed E-state index contributed by atoms with van der Waals surface area (Å²) < 4.78 is 37.4. The van der Waals surface area contributed by atoms with Gasteiger partial charge in [0, 0.05) is 43.4 Å². The van der Waals surface area contributed by atoms with Crippen molar-refractivity contribution < 1.29 is 57.5 Å². The molecule has 2 saturated heterocycles. The molecule has 1 aromatic heterocycles. The fraction of sp³-hybridized carbons (Fsp3) is 0.733. The second-order valence-electron chi connectivity index (χ2n) is 14.1. The highest BCUT2D eigenvalue weighted by Crippen LogP contribution is 2.88. The number of carboxylic acid groups (broad SMARTS) is 1. The zero-order valence-electron chi connectivity index (χ0n) is 24.5. The lowest BCUT2D eigenvalue weighted by Crippen LogP contribution is -2.92. The van der Waals surface area contributed by atoms with Crippen LogP contribution in [0.4, 0.5) is 0 Å².